The number of likely N-dealkylation sites (N-methyl/N-ethyl adjacent to an activating group) is 1. The van der Waals surface area contributed by atoms with Crippen LogP contribution in [0.25, 0.3) is 0 Å². The number of nitrogens with zero attached hydrogens (tertiary/aromatic N) is 3. The Morgan fingerprint density at radius 1 is 1.32 bits per heavy atom. The van der Waals surface area contributed by atoms with E-state index in [1.165, 1.54) is 12.4 Å². The zero-order valence-corrected chi connectivity index (χ0v) is 12.9. The fraction of sp³-hybridized carbons (Fsp3) is 0.636. The van der Waals surface area contributed by atoms with Crippen molar-refractivity contribution in [2.24, 2.45) is 0 Å². The predicted molar refractivity (Wildman–Crippen MR) is 74.6 cm³/mol. The van der Waals surface area contributed by atoms with Crippen LogP contribution >= 0.6 is 11.6 Å². The van der Waals surface area contributed by atoms with Crippen LogP contribution < -0.4 is 4.72 Å². The maximum atomic E-state index is 12.1. The Balaban J connectivity index is 2.71. The predicted octanol–water partition coefficient (Wildman–Crippen LogP) is 1.14. The third kappa shape index (κ3) is 5.02. The third-order valence-electron chi connectivity index (χ3n) is 2.69. The molecule has 0 saturated carbocycles. The average Bonchev–Trinajstić information content (AvgIpc) is 2.35. The second kappa shape index (κ2) is 7.14. The fourth-order valence-corrected chi connectivity index (χ4v) is 2.90. The second-order valence-corrected chi connectivity index (χ2v) is 6.25. The van der Waals surface area contributed by atoms with Gasteiger partial charge in [0.2, 0.25) is 15.3 Å². The van der Waals surface area contributed by atoms with Crippen LogP contribution in [-0.2, 0) is 10.0 Å². The Morgan fingerprint density at radius 3 is 2.32 bits per heavy atom. The Bertz CT molecular complexity index is 488. The van der Waals surface area contributed by atoms with E-state index in [9.17, 15) is 8.42 Å². The first-order valence-electron chi connectivity index (χ1n) is 6.11. The minimum Gasteiger partial charge on any atom is -0.302 e. The van der Waals surface area contributed by atoms with E-state index in [4.69, 9.17) is 11.6 Å². The van der Waals surface area contributed by atoms with Gasteiger partial charge in [0.15, 0.2) is 0 Å². The van der Waals surface area contributed by atoms with Gasteiger partial charge in [-0.3, -0.25) is 0 Å². The van der Waals surface area contributed by atoms with Crippen LogP contribution in [0.5, 0.6) is 0 Å². The molecule has 108 valence electrons. The SMILES string of the molecule is CCN(CC)CC(C)NS(=O)(=O)c1cnc(Cl)nc1. The lowest BCUT2D eigenvalue weighted by Crippen LogP contribution is -2.41. The van der Waals surface area contributed by atoms with E-state index in [0.29, 0.717) is 6.54 Å². The summed E-state index contributed by atoms with van der Waals surface area (Å²) in [6.07, 6.45) is 2.39. The number of aromatic nitrogens is 2. The minimum absolute atomic E-state index is 0.0169. The van der Waals surface area contributed by atoms with Gasteiger partial charge >= 0.3 is 0 Å². The molecule has 6 nitrogen and oxygen atoms in total. The molecular weight excluding hydrogens is 288 g/mol. The Hall–Kier alpha value is -0.760. The summed E-state index contributed by atoms with van der Waals surface area (Å²) >= 11 is 5.53. The quantitative estimate of drug-likeness (QED) is 0.765. The van der Waals surface area contributed by atoms with Gasteiger partial charge in [0.05, 0.1) is 12.4 Å². The van der Waals surface area contributed by atoms with E-state index in [1.807, 2.05) is 20.8 Å². The highest BCUT2D eigenvalue weighted by Gasteiger charge is 2.19. The zero-order valence-electron chi connectivity index (χ0n) is 11.3. The topological polar surface area (TPSA) is 75.2 Å². The maximum absolute atomic E-state index is 12.1. The summed E-state index contributed by atoms with van der Waals surface area (Å²) < 4.78 is 26.7. The number of hydrogen-bond acceptors (Lipinski definition) is 5. The molecule has 0 bridgehead atoms. The molecule has 1 atom stereocenters. The van der Waals surface area contributed by atoms with Crippen molar-refractivity contribution in [1.82, 2.24) is 19.6 Å². The first kappa shape index (κ1) is 16.3. The second-order valence-electron chi connectivity index (χ2n) is 4.20. The summed E-state index contributed by atoms with van der Waals surface area (Å²) in [7, 11) is -3.60. The molecule has 1 heterocycles. The monoisotopic (exact) mass is 306 g/mol. The van der Waals surface area contributed by atoms with Crippen molar-refractivity contribution in [3.05, 3.63) is 17.7 Å². The van der Waals surface area contributed by atoms with Gasteiger partial charge < -0.3 is 4.90 Å². The molecule has 0 saturated heterocycles. The van der Waals surface area contributed by atoms with Crippen molar-refractivity contribution in [3.8, 4) is 0 Å². The van der Waals surface area contributed by atoms with Gasteiger partial charge in [-0.1, -0.05) is 13.8 Å². The van der Waals surface area contributed by atoms with Gasteiger partial charge in [-0.15, -0.1) is 0 Å². The number of nitrogens with one attached hydrogen (secondary N) is 1. The largest absolute Gasteiger partial charge is 0.302 e. The number of halogens is 1. The van der Waals surface area contributed by atoms with Crippen molar-refractivity contribution >= 4 is 21.6 Å². The van der Waals surface area contributed by atoms with Gasteiger partial charge in [-0.05, 0) is 31.6 Å². The smallest absolute Gasteiger partial charge is 0.243 e. The molecule has 1 unspecified atom stereocenters. The van der Waals surface area contributed by atoms with Crippen LogP contribution in [0.2, 0.25) is 5.28 Å². The first-order valence-corrected chi connectivity index (χ1v) is 7.97. The summed E-state index contributed by atoms with van der Waals surface area (Å²) in [6.45, 7) is 8.32. The number of hydrogen-bond donors (Lipinski definition) is 1. The van der Waals surface area contributed by atoms with E-state index in [0.717, 1.165) is 13.1 Å². The molecule has 0 aliphatic heterocycles. The molecule has 0 amide bonds. The highest BCUT2D eigenvalue weighted by molar-refractivity contribution is 7.89. The highest BCUT2D eigenvalue weighted by Crippen LogP contribution is 2.08. The summed E-state index contributed by atoms with van der Waals surface area (Å²) in [6, 6.07) is -0.194. The minimum atomic E-state index is -3.60. The fourth-order valence-electron chi connectivity index (χ4n) is 1.68. The molecule has 1 rings (SSSR count). The highest BCUT2D eigenvalue weighted by atomic mass is 35.5. The molecule has 1 aromatic rings. The normalized spacial score (nSPS) is 13.7. The molecule has 19 heavy (non-hydrogen) atoms. The van der Waals surface area contributed by atoms with Gasteiger partial charge in [0, 0.05) is 12.6 Å². The summed E-state index contributed by atoms with van der Waals surface area (Å²) in [5, 5.41) is 0.0233. The lowest BCUT2D eigenvalue weighted by Gasteiger charge is -2.23. The molecule has 0 aliphatic carbocycles. The van der Waals surface area contributed by atoms with E-state index >= 15 is 0 Å². The van der Waals surface area contributed by atoms with Crippen molar-refractivity contribution < 1.29 is 8.42 Å². The third-order valence-corrected chi connectivity index (χ3v) is 4.43. The molecule has 0 aliphatic rings. The van der Waals surface area contributed by atoms with Crippen LogP contribution in [0.3, 0.4) is 0 Å². The summed E-state index contributed by atoms with van der Waals surface area (Å²) in [5.74, 6) is 0. The molecule has 1 N–H and O–H groups in total. The molecule has 0 spiro atoms. The van der Waals surface area contributed by atoms with E-state index in [2.05, 4.69) is 19.6 Å². The molecular formula is C11H19ClN4O2S. The van der Waals surface area contributed by atoms with Crippen molar-refractivity contribution in [3.63, 3.8) is 0 Å². The molecule has 0 fully saturated rings. The zero-order chi connectivity index (χ0) is 14.5. The maximum Gasteiger partial charge on any atom is 0.243 e. The van der Waals surface area contributed by atoms with Crippen molar-refractivity contribution in [1.29, 1.82) is 0 Å². The Morgan fingerprint density at radius 2 is 1.84 bits per heavy atom. The van der Waals surface area contributed by atoms with Gasteiger partial charge in [-0.2, -0.15) is 0 Å². The molecule has 0 radical (unpaired) electrons. The van der Waals surface area contributed by atoms with E-state index < -0.39 is 10.0 Å². The van der Waals surface area contributed by atoms with Crippen LogP contribution in [0.1, 0.15) is 20.8 Å². The number of sulfonamides is 1. The van der Waals surface area contributed by atoms with E-state index in [-0.39, 0.29) is 16.2 Å². The van der Waals surface area contributed by atoms with Crippen LogP contribution in [0.4, 0.5) is 0 Å². The lowest BCUT2D eigenvalue weighted by atomic mass is 10.3. The van der Waals surface area contributed by atoms with Crippen LogP contribution in [0, 0.1) is 0 Å². The first-order chi connectivity index (χ1) is 8.89. The van der Waals surface area contributed by atoms with Crippen LogP contribution in [-0.4, -0.2) is 49.0 Å². The van der Waals surface area contributed by atoms with Gasteiger partial charge in [0.1, 0.15) is 4.90 Å². The summed E-state index contributed by atoms with van der Waals surface area (Å²) in [4.78, 5) is 9.50. The molecule has 8 heteroatoms. The van der Waals surface area contributed by atoms with Crippen molar-refractivity contribution in [2.75, 3.05) is 19.6 Å². The Labute approximate surface area is 119 Å². The molecule has 1 aromatic heterocycles. The molecule has 0 aromatic carbocycles. The average molecular weight is 307 g/mol. The number of rotatable bonds is 7. The summed E-state index contributed by atoms with van der Waals surface area (Å²) in [5.41, 5.74) is 0. The lowest BCUT2D eigenvalue weighted by molar-refractivity contribution is 0.282. The van der Waals surface area contributed by atoms with Crippen molar-refractivity contribution in [2.45, 2.75) is 31.7 Å². The van der Waals surface area contributed by atoms with Crippen LogP contribution in [0.15, 0.2) is 17.3 Å². The Kier molecular flexibility index (Phi) is 6.12. The van der Waals surface area contributed by atoms with Gasteiger partial charge in [-0.25, -0.2) is 23.1 Å². The van der Waals surface area contributed by atoms with E-state index in [1.54, 1.807) is 0 Å². The standard InChI is InChI=1S/C11H19ClN4O2S/c1-4-16(5-2)8-9(3)15-19(17,18)10-6-13-11(12)14-7-10/h6-7,9,15H,4-5,8H2,1-3H3. The van der Waals surface area contributed by atoms with Gasteiger partial charge in [0.25, 0.3) is 0 Å².